The van der Waals surface area contributed by atoms with Crippen molar-refractivity contribution >= 4 is 5.91 Å². The second-order valence-corrected chi connectivity index (χ2v) is 5.80. The van der Waals surface area contributed by atoms with Crippen LogP contribution in [0.25, 0.3) is 0 Å². The zero-order valence-electron chi connectivity index (χ0n) is 10.9. The molecule has 0 saturated heterocycles. The van der Waals surface area contributed by atoms with Crippen LogP contribution in [-0.4, -0.2) is 18.5 Å². The lowest BCUT2D eigenvalue weighted by Gasteiger charge is -2.18. The molecule has 1 aromatic rings. The summed E-state index contributed by atoms with van der Waals surface area (Å²) in [5.41, 5.74) is 6.46. The lowest BCUT2D eigenvalue weighted by Crippen LogP contribution is -2.43. The van der Waals surface area contributed by atoms with E-state index in [1.54, 1.807) is 12.1 Å². The molecule has 3 nitrogen and oxygen atoms in total. The zero-order chi connectivity index (χ0) is 13.5. The lowest BCUT2D eigenvalue weighted by atomic mass is 9.95. The third-order valence-electron chi connectivity index (χ3n) is 4.31. The van der Waals surface area contributed by atoms with Gasteiger partial charge in [0.05, 0.1) is 5.41 Å². The summed E-state index contributed by atoms with van der Waals surface area (Å²) >= 11 is 0. The molecule has 102 valence electrons. The molecule has 1 atom stereocenters. The van der Waals surface area contributed by atoms with Gasteiger partial charge in [0, 0.05) is 12.6 Å². The molecule has 0 aliphatic heterocycles. The molecule has 1 unspecified atom stereocenters. The number of nitrogens with one attached hydrogen (secondary N) is 1. The third kappa shape index (κ3) is 2.50. The Morgan fingerprint density at radius 2 is 2.00 bits per heavy atom. The van der Waals surface area contributed by atoms with E-state index < -0.39 is 5.41 Å². The van der Waals surface area contributed by atoms with Gasteiger partial charge in [0.25, 0.3) is 0 Å². The number of carbonyl (C=O) groups excluding carboxylic acids is 1. The number of amides is 1. The van der Waals surface area contributed by atoms with Crippen LogP contribution in [0.2, 0.25) is 0 Å². The molecule has 2 fully saturated rings. The van der Waals surface area contributed by atoms with Gasteiger partial charge in [-0.1, -0.05) is 12.1 Å². The van der Waals surface area contributed by atoms with Crippen molar-refractivity contribution in [3.63, 3.8) is 0 Å². The molecular weight excluding hydrogens is 243 g/mol. The van der Waals surface area contributed by atoms with Crippen LogP contribution in [0.1, 0.15) is 31.2 Å². The summed E-state index contributed by atoms with van der Waals surface area (Å²) in [6, 6.07) is 6.33. The molecule has 0 bridgehead atoms. The smallest absolute Gasteiger partial charge is 0.230 e. The minimum atomic E-state index is -0.434. The van der Waals surface area contributed by atoms with Crippen LogP contribution in [0, 0.1) is 11.7 Å². The van der Waals surface area contributed by atoms with Crippen molar-refractivity contribution in [2.45, 2.75) is 37.1 Å². The Morgan fingerprint density at radius 1 is 1.37 bits per heavy atom. The summed E-state index contributed by atoms with van der Waals surface area (Å²) in [6.45, 7) is 0.548. The average molecular weight is 262 g/mol. The van der Waals surface area contributed by atoms with Gasteiger partial charge in [-0.2, -0.15) is 0 Å². The third-order valence-corrected chi connectivity index (χ3v) is 4.31. The van der Waals surface area contributed by atoms with Crippen molar-refractivity contribution in [1.82, 2.24) is 5.32 Å². The number of benzene rings is 1. The number of rotatable bonds is 5. The van der Waals surface area contributed by atoms with Crippen LogP contribution >= 0.6 is 0 Å². The molecular formula is C15H19FN2O. The maximum Gasteiger partial charge on any atom is 0.230 e. The predicted octanol–water partition coefficient (Wildman–Crippen LogP) is 1.71. The summed E-state index contributed by atoms with van der Waals surface area (Å²) in [4.78, 5) is 12.3. The maximum atomic E-state index is 12.9. The minimum absolute atomic E-state index is 0.0372. The van der Waals surface area contributed by atoms with Gasteiger partial charge in [-0.25, -0.2) is 4.39 Å². The van der Waals surface area contributed by atoms with Gasteiger partial charge < -0.3 is 11.1 Å². The molecule has 4 heteroatoms. The maximum absolute atomic E-state index is 12.9. The SMILES string of the molecule is NC(CNC(=O)C1(c2ccc(F)cc2)CC1)C1CC1. The highest BCUT2D eigenvalue weighted by molar-refractivity contribution is 5.91. The van der Waals surface area contributed by atoms with Gasteiger partial charge in [-0.3, -0.25) is 4.79 Å². The highest BCUT2D eigenvalue weighted by Crippen LogP contribution is 2.48. The first kappa shape index (κ1) is 12.6. The summed E-state index contributed by atoms with van der Waals surface area (Å²) in [5.74, 6) is 0.354. The molecule has 0 aromatic heterocycles. The number of hydrogen-bond acceptors (Lipinski definition) is 2. The second kappa shape index (κ2) is 4.60. The Kier molecular flexibility index (Phi) is 3.05. The number of hydrogen-bond donors (Lipinski definition) is 2. The van der Waals surface area contributed by atoms with E-state index in [-0.39, 0.29) is 17.8 Å². The zero-order valence-corrected chi connectivity index (χ0v) is 10.9. The summed E-state index contributed by atoms with van der Waals surface area (Å²) < 4.78 is 12.9. The molecule has 1 aromatic carbocycles. The van der Waals surface area contributed by atoms with Gasteiger partial charge in [0.15, 0.2) is 0 Å². The molecule has 2 aliphatic carbocycles. The van der Waals surface area contributed by atoms with Crippen LogP contribution in [0.3, 0.4) is 0 Å². The van der Waals surface area contributed by atoms with Crippen molar-refractivity contribution in [3.05, 3.63) is 35.6 Å². The quantitative estimate of drug-likeness (QED) is 0.848. The molecule has 3 N–H and O–H groups in total. The van der Waals surface area contributed by atoms with Crippen LogP contribution in [0.15, 0.2) is 24.3 Å². The van der Waals surface area contributed by atoms with Crippen LogP contribution in [-0.2, 0) is 10.2 Å². The molecule has 0 spiro atoms. The van der Waals surface area contributed by atoms with Crippen molar-refractivity contribution in [2.75, 3.05) is 6.54 Å². The fourth-order valence-electron chi connectivity index (χ4n) is 2.61. The number of halogens is 1. The van der Waals surface area contributed by atoms with E-state index in [2.05, 4.69) is 5.32 Å². The van der Waals surface area contributed by atoms with Gasteiger partial charge in [0.1, 0.15) is 5.82 Å². The largest absolute Gasteiger partial charge is 0.354 e. The van der Waals surface area contributed by atoms with E-state index >= 15 is 0 Å². The highest BCUT2D eigenvalue weighted by atomic mass is 19.1. The Bertz CT molecular complexity index is 477. The molecule has 0 heterocycles. The average Bonchev–Trinajstić information content (AvgIpc) is 3.29. The van der Waals surface area contributed by atoms with Crippen molar-refractivity contribution < 1.29 is 9.18 Å². The first-order valence-electron chi connectivity index (χ1n) is 6.92. The fraction of sp³-hybridized carbons (Fsp3) is 0.533. The Labute approximate surface area is 112 Å². The van der Waals surface area contributed by atoms with Crippen LogP contribution in [0.5, 0.6) is 0 Å². The van der Waals surface area contributed by atoms with E-state index in [9.17, 15) is 9.18 Å². The molecule has 1 amide bonds. The van der Waals surface area contributed by atoms with E-state index in [1.165, 1.54) is 25.0 Å². The van der Waals surface area contributed by atoms with E-state index in [1.807, 2.05) is 0 Å². The number of carbonyl (C=O) groups is 1. The minimum Gasteiger partial charge on any atom is -0.354 e. The number of nitrogens with two attached hydrogens (primary N) is 1. The Balaban J connectivity index is 1.63. The topological polar surface area (TPSA) is 55.1 Å². The normalized spacial score (nSPS) is 21.8. The lowest BCUT2D eigenvalue weighted by molar-refractivity contribution is -0.123. The standard InChI is InChI=1S/C15H19FN2O/c16-12-5-3-11(4-6-12)15(7-8-15)14(19)18-9-13(17)10-1-2-10/h3-6,10,13H,1-2,7-9,17H2,(H,18,19). The molecule has 2 saturated carbocycles. The summed E-state index contributed by atoms with van der Waals surface area (Å²) in [5, 5.41) is 2.96. The van der Waals surface area contributed by atoms with Crippen molar-refractivity contribution in [2.24, 2.45) is 11.7 Å². The van der Waals surface area contributed by atoms with E-state index in [0.29, 0.717) is 12.5 Å². The Morgan fingerprint density at radius 3 is 2.53 bits per heavy atom. The first-order chi connectivity index (χ1) is 9.12. The van der Waals surface area contributed by atoms with Crippen molar-refractivity contribution in [1.29, 1.82) is 0 Å². The Hall–Kier alpha value is -1.42. The van der Waals surface area contributed by atoms with E-state index in [4.69, 9.17) is 5.73 Å². The molecule has 3 rings (SSSR count). The first-order valence-corrected chi connectivity index (χ1v) is 6.92. The predicted molar refractivity (Wildman–Crippen MR) is 71.0 cm³/mol. The van der Waals surface area contributed by atoms with Gasteiger partial charge in [0.2, 0.25) is 5.91 Å². The van der Waals surface area contributed by atoms with Gasteiger partial charge >= 0.3 is 0 Å². The fourth-order valence-corrected chi connectivity index (χ4v) is 2.61. The van der Waals surface area contributed by atoms with E-state index in [0.717, 1.165) is 18.4 Å². The molecule has 0 radical (unpaired) electrons. The summed E-state index contributed by atoms with van der Waals surface area (Å²) in [6.07, 6.45) is 4.03. The monoisotopic (exact) mass is 262 g/mol. The van der Waals surface area contributed by atoms with Gasteiger partial charge in [-0.05, 0) is 49.3 Å². The molecule has 19 heavy (non-hydrogen) atoms. The van der Waals surface area contributed by atoms with Crippen molar-refractivity contribution in [3.8, 4) is 0 Å². The van der Waals surface area contributed by atoms with Crippen LogP contribution in [0.4, 0.5) is 4.39 Å². The van der Waals surface area contributed by atoms with Gasteiger partial charge in [-0.15, -0.1) is 0 Å². The summed E-state index contributed by atoms with van der Waals surface area (Å²) in [7, 11) is 0. The highest BCUT2D eigenvalue weighted by Gasteiger charge is 2.51. The molecule has 2 aliphatic rings. The van der Waals surface area contributed by atoms with Crippen LogP contribution < -0.4 is 11.1 Å². The second-order valence-electron chi connectivity index (χ2n) is 5.80.